The molecule has 0 radical (unpaired) electrons. The molecule has 1 N–H and O–H groups in total. The fourth-order valence-electron chi connectivity index (χ4n) is 2.76. The maximum absolute atomic E-state index is 6.16. The molecule has 0 saturated heterocycles. The predicted molar refractivity (Wildman–Crippen MR) is 87.2 cm³/mol. The van der Waals surface area contributed by atoms with E-state index in [-0.39, 0.29) is 5.60 Å². The van der Waals surface area contributed by atoms with Crippen LogP contribution in [0.1, 0.15) is 65.0 Å². The Bertz CT molecular complexity index is 457. The molecule has 118 valence electrons. The highest BCUT2D eigenvalue weighted by molar-refractivity contribution is 5.44. The van der Waals surface area contributed by atoms with Gasteiger partial charge < -0.3 is 14.8 Å². The summed E-state index contributed by atoms with van der Waals surface area (Å²) in [7, 11) is 0. The van der Waals surface area contributed by atoms with E-state index in [1.165, 1.54) is 5.56 Å². The van der Waals surface area contributed by atoms with E-state index in [0.29, 0.717) is 6.04 Å². The average molecular weight is 291 g/mol. The maximum atomic E-state index is 6.16. The zero-order valence-corrected chi connectivity index (χ0v) is 13.9. The molecule has 1 atom stereocenters. The smallest absolute Gasteiger partial charge is 0.128 e. The monoisotopic (exact) mass is 291 g/mol. The van der Waals surface area contributed by atoms with Crippen LogP contribution in [0.4, 0.5) is 0 Å². The molecule has 0 fully saturated rings. The van der Waals surface area contributed by atoms with Gasteiger partial charge in [0, 0.05) is 24.1 Å². The molecular weight excluding hydrogens is 262 g/mol. The first kappa shape index (κ1) is 16.2. The van der Waals surface area contributed by atoms with Crippen molar-refractivity contribution in [3.8, 4) is 11.5 Å². The van der Waals surface area contributed by atoms with Crippen LogP contribution in [0, 0.1) is 0 Å². The Hall–Kier alpha value is -1.22. The van der Waals surface area contributed by atoms with Crippen LogP contribution in [0.25, 0.3) is 0 Å². The lowest BCUT2D eigenvalue weighted by Gasteiger charge is -2.38. The van der Waals surface area contributed by atoms with E-state index in [2.05, 4.69) is 45.1 Å². The molecule has 3 heteroatoms. The van der Waals surface area contributed by atoms with Gasteiger partial charge in [0.2, 0.25) is 0 Å². The minimum absolute atomic E-state index is 0.138. The van der Waals surface area contributed by atoms with Crippen LogP contribution in [0.15, 0.2) is 18.2 Å². The van der Waals surface area contributed by atoms with Gasteiger partial charge in [-0.2, -0.15) is 0 Å². The molecule has 0 aliphatic carbocycles. The SMILES string of the molecule is CCCCOc1ccc2c(c1)OC(C)(C)CC2NCCC. The van der Waals surface area contributed by atoms with E-state index in [9.17, 15) is 0 Å². The molecule has 0 bridgehead atoms. The Morgan fingerprint density at radius 1 is 1.29 bits per heavy atom. The third-order valence-corrected chi connectivity index (χ3v) is 3.85. The van der Waals surface area contributed by atoms with Crippen molar-refractivity contribution in [1.82, 2.24) is 5.32 Å². The summed E-state index contributed by atoms with van der Waals surface area (Å²) < 4.78 is 12.0. The van der Waals surface area contributed by atoms with Gasteiger partial charge in [0.25, 0.3) is 0 Å². The summed E-state index contributed by atoms with van der Waals surface area (Å²) in [4.78, 5) is 0. The molecule has 1 aromatic carbocycles. The molecule has 3 nitrogen and oxygen atoms in total. The highest BCUT2D eigenvalue weighted by Gasteiger charge is 2.33. The van der Waals surface area contributed by atoms with Gasteiger partial charge in [0.05, 0.1) is 6.61 Å². The van der Waals surface area contributed by atoms with Crippen LogP contribution in [0.3, 0.4) is 0 Å². The van der Waals surface area contributed by atoms with Gasteiger partial charge in [-0.15, -0.1) is 0 Å². The van der Waals surface area contributed by atoms with Gasteiger partial charge in [-0.1, -0.05) is 26.3 Å². The molecule has 21 heavy (non-hydrogen) atoms. The first-order valence-electron chi connectivity index (χ1n) is 8.25. The van der Waals surface area contributed by atoms with Crippen molar-refractivity contribution >= 4 is 0 Å². The van der Waals surface area contributed by atoms with E-state index in [1.807, 2.05) is 6.07 Å². The van der Waals surface area contributed by atoms with E-state index in [4.69, 9.17) is 9.47 Å². The van der Waals surface area contributed by atoms with Crippen molar-refractivity contribution in [1.29, 1.82) is 0 Å². The van der Waals surface area contributed by atoms with Gasteiger partial charge in [0.15, 0.2) is 0 Å². The second kappa shape index (κ2) is 7.17. The Kier molecular flexibility index (Phi) is 5.51. The Morgan fingerprint density at radius 3 is 2.81 bits per heavy atom. The minimum Gasteiger partial charge on any atom is -0.493 e. The van der Waals surface area contributed by atoms with Crippen molar-refractivity contribution in [3.63, 3.8) is 0 Å². The molecule has 1 aliphatic heterocycles. The molecule has 0 aromatic heterocycles. The van der Waals surface area contributed by atoms with Crippen LogP contribution in [0.2, 0.25) is 0 Å². The summed E-state index contributed by atoms with van der Waals surface area (Å²) in [6.45, 7) is 10.5. The quantitative estimate of drug-likeness (QED) is 0.752. The van der Waals surface area contributed by atoms with Crippen molar-refractivity contribution in [2.24, 2.45) is 0 Å². The number of benzene rings is 1. The van der Waals surface area contributed by atoms with Gasteiger partial charge in [-0.25, -0.2) is 0 Å². The normalized spacial score (nSPS) is 19.7. The second-order valence-corrected chi connectivity index (χ2v) is 6.47. The maximum Gasteiger partial charge on any atom is 0.128 e. The summed E-state index contributed by atoms with van der Waals surface area (Å²) in [5, 5.41) is 3.63. The Morgan fingerprint density at radius 2 is 2.10 bits per heavy atom. The van der Waals surface area contributed by atoms with Gasteiger partial charge in [-0.05, 0) is 39.3 Å². The number of hydrogen-bond donors (Lipinski definition) is 1. The van der Waals surface area contributed by atoms with Gasteiger partial charge in [-0.3, -0.25) is 0 Å². The number of fused-ring (bicyclic) bond motifs is 1. The highest BCUT2D eigenvalue weighted by Crippen LogP contribution is 2.41. The average Bonchev–Trinajstić information content (AvgIpc) is 2.43. The van der Waals surface area contributed by atoms with Crippen LogP contribution >= 0.6 is 0 Å². The van der Waals surface area contributed by atoms with Crippen LogP contribution < -0.4 is 14.8 Å². The zero-order chi connectivity index (χ0) is 15.3. The van der Waals surface area contributed by atoms with E-state index in [1.54, 1.807) is 0 Å². The lowest BCUT2D eigenvalue weighted by Crippen LogP contribution is -2.39. The standard InChI is InChI=1S/C18H29NO2/c1-5-7-11-20-14-8-9-15-16(19-10-6-2)13-18(3,4)21-17(15)12-14/h8-9,12,16,19H,5-7,10-11,13H2,1-4H3. The summed E-state index contributed by atoms with van der Waals surface area (Å²) in [5.41, 5.74) is 1.12. The predicted octanol–water partition coefficient (Wildman–Crippen LogP) is 4.47. The number of ether oxygens (including phenoxy) is 2. The fourth-order valence-corrected chi connectivity index (χ4v) is 2.76. The summed E-state index contributed by atoms with van der Waals surface area (Å²) in [6.07, 6.45) is 4.38. The first-order chi connectivity index (χ1) is 10.1. The van der Waals surface area contributed by atoms with E-state index >= 15 is 0 Å². The molecular formula is C18H29NO2. The van der Waals surface area contributed by atoms with Crippen molar-refractivity contribution in [2.75, 3.05) is 13.2 Å². The Balaban J connectivity index is 2.15. The van der Waals surface area contributed by atoms with E-state index in [0.717, 1.165) is 50.3 Å². The highest BCUT2D eigenvalue weighted by atomic mass is 16.5. The molecule has 1 aliphatic rings. The lowest BCUT2D eigenvalue weighted by molar-refractivity contribution is 0.0657. The number of hydrogen-bond acceptors (Lipinski definition) is 3. The van der Waals surface area contributed by atoms with Crippen molar-refractivity contribution in [3.05, 3.63) is 23.8 Å². The van der Waals surface area contributed by atoms with E-state index < -0.39 is 0 Å². The molecule has 1 aromatic rings. The summed E-state index contributed by atoms with van der Waals surface area (Å²) in [6, 6.07) is 6.64. The zero-order valence-electron chi connectivity index (χ0n) is 13.9. The molecule has 1 unspecified atom stereocenters. The molecule has 0 amide bonds. The van der Waals surface area contributed by atoms with Crippen LogP contribution in [-0.2, 0) is 0 Å². The summed E-state index contributed by atoms with van der Waals surface area (Å²) in [5.74, 6) is 1.88. The molecule has 1 heterocycles. The number of unbranched alkanes of at least 4 members (excludes halogenated alkanes) is 1. The van der Waals surface area contributed by atoms with Crippen molar-refractivity contribution < 1.29 is 9.47 Å². The van der Waals surface area contributed by atoms with Crippen molar-refractivity contribution in [2.45, 2.75) is 65.0 Å². The molecule has 2 rings (SSSR count). The molecule has 0 spiro atoms. The topological polar surface area (TPSA) is 30.5 Å². The Labute approximate surface area is 129 Å². The number of nitrogens with one attached hydrogen (secondary N) is 1. The lowest BCUT2D eigenvalue weighted by atomic mass is 9.89. The third kappa shape index (κ3) is 4.37. The molecule has 0 saturated carbocycles. The van der Waals surface area contributed by atoms with Crippen LogP contribution in [-0.4, -0.2) is 18.8 Å². The number of rotatable bonds is 7. The van der Waals surface area contributed by atoms with Gasteiger partial charge >= 0.3 is 0 Å². The van der Waals surface area contributed by atoms with Gasteiger partial charge in [0.1, 0.15) is 17.1 Å². The largest absolute Gasteiger partial charge is 0.493 e. The van der Waals surface area contributed by atoms with Crippen LogP contribution in [0.5, 0.6) is 11.5 Å². The second-order valence-electron chi connectivity index (χ2n) is 6.47. The fraction of sp³-hybridized carbons (Fsp3) is 0.667. The first-order valence-corrected chi connectivity index (χ1v) is 8.25. The minimum atomic E-state index is -0.138. The third-order valence-electron chi connectivity index (χ3n) is 3.85. The summed E-state index contributed by atoms with van der Waals surface area (Å²) >= 11 is 0.